The second-order valence-corrected chi connectivity index (χ2v) is 13.7. The lowest BCUT2D eigenvalue weighted by molar-refractivity contribution is -0.207. The summed E-state index contributed by atoms with van der Waals surface area (Å²) in [7, 11) is 0. The van der Waals surface area contributed by atoms with E-state index in [0.717, 1.165) is 51.4 Å². The van der Waals surface area contributed by atoms with Crippen LogP contribution in [-0.4, -0.2) is 39.4 Å². The van der Waals surface area contributed by atoms with Gasteiger partial charge in [-0.2, -0.15) is 0 Å². The Morgan fingerprint density at radius 3 is 2.34 bits per heavy atom. The van der Waals surface area contributed by atoms with Gasteiger partial charge in [0.1, 0.15) is 5.78 Å². The van der Waals surface area contributed by atoms with Gasteiger partial charge in [-0.1, -0.05) is 41.5 Å². The molecule has 1 unspecified atom stereocenters. The Labute approximate surface area is 195 Å². The number of hydrogen-bond acceptors (Lipinski definition) is 4. The maximum atomic E-state index is 12.5. The first-order chi connectivity index (χ1) is 14.8. The van der Waals surface area contributed by atoms with Crippen LogP contribution in [-0.2, 0) is 4.79 Å². The van der Waals surface area contributed by atoms with Crippen molar-refractivity contribution < 1.29 is 20.1 Å². The molecule has 0 saturated heterocycles. The number of rotatable bonds is 4. The monoisotopic (exact) mass is 448 g/mol. The molecule has 3 N–H and O–H groups in total. The zero-order chi connectivity index (χ0) is 23.6. The summed E-state index contributed by atoms with van der Waals surface area (Å²) in [6.07, 6.45) is 7.03. The molecule has 4 aliphatic carbocycles. The van der Waals surface area contributed by atoms with Crippen molar-refractivity contribution in [3.8, 4) is 0 Å². The van der Waals surface area contributed by atoms with Crippen molar-refractivity contribution in [2.24, 2.45) is 51.8 Å². The number of aliphatic hydroxyl groups is 3. The Balaban J connectivity index is 1.55. The molecule has 0 amide bonds. The topological polar surface area (TPSA) is 77.8 Å². The van der Waals surface area contributed by atoms with Crippen LogP contribution in [0.15, 0.2) is 0 Å². The SMILES string of the molecule is CC(CCC(=O)C(C)(C)C)[C@H]1CC[C@H]2[C@@H]3[C@H](O)C[C@@H]4C[C@H](O)CC[C@]4(C)[C@H]3C[C@H](O)[C@]12C. The Morgan fingerprint density at radius 2 is 1.69 bits per heavy atom. The standard InChI is InChI=1S/C28H48O4/c1-16(7-10-23(31)26(2,3)4)19-8-9-20-25-21(15-24(32)28(19,20)6)27(5)12-11-18(29)13-17(27)14-22(25)30/h16-22,24-25,29-30,32H,7-15H2,1-6H3/t16?,17-,18+,19+,20-,21-,22+,24-,25-,27-,28+/m0/s1. The Bertz CT molecular complexity index is 713. The van der Waals surface area contributed by atoms with Gasteiger partial charge in [-0.3, -0.25) is 4.79 Å². The second kappa shape index (κ2) is 8.34. The van der Waals surface area contributed by atoms with Gasteiger partial charge in [-0.05, 0) is 97.7 Å². The summed E-state index contributed by atoms with van der Waals surface area (Å²) in [5.41, 5.74) is -0.344. The Kier molecular flexibility index (Phi) is 6.43. The smallest absolute Gasteiger partial charge is 0.138 e. The third-order valence-electron chi connectivity index (χ3n) is 11.2. The van der Waals surface area contributed by atoms with Crippen LogP contribution >= 0.6 is 0 Å². The van der Waals surface area contributed by atoms with Gasteiger partial charge in [-0.15, -0.1) is 0 Å². The van der Waals surface area contributed by atoms with Gasteiger partial charge >= 0.3 is 0 Å². The van der Waals surface area contributed by atoms with Crippen molar-refractivity contribution in [1.29, 1.82) is 0 Å². The molecular weight excluding hydrogens is 400 g/mol. The fourth-order valence-electron chi connectivity index (χ4n) is 9.07. The molecule has 4 fully saturated rings. The maximum Gasteiger partial charge on any atom is 0.138 e. The lowest BCUT2D eigenvalue weighted by Gasteiger charge is -2.63. The van der Waals surface area contributed by atoms with E-state index in [2.05, 4.69) is 20.8 Å². The van der Waals surface area contributed by atoms with Crippen LogP contribution in [0.2, 0.25) is 0 Å². The molecule has 0 aromatic heterocycles. The number of aliphatic hydroxyl groups excluding tert-OH is 3. The van der Waals surface area contributed by atoms with Gasteiger partial charge in [0.25, 0.3) is 0 Å². The zero-order valence-corrected chi connectivity index (χ0v) is 21.3. The molecule has 32 heavy (non-hydrogen) atoms. The summed E-state index contributed by atoms with van der Waals surface area (Å²) in [5.74, 6) is 2.44. The van der Waals surface area contributed by atoms with Crippen molar-refractivity contribution in [2.75, 3.05) is 0 Å². The van der Waals surface area contributed by atoms with Crippen LogP contribution in [0.4, 0.5) is 0 Å². The molecule has 0 bridgehead atoms. The van der Waals surface area contributed by atoms with E-state index < -0.39 is 0 Å². The molecule has 4 heteroatoms. The van der Waals surface area contributed by atoms with E-state index in [9.17, 15) is 20.1 Å². The van der Waals surface area contributed by atoms with E-state index >= 15 is 0 Å². The Morgan fingerprint density at radius 1 is 1.00 bits per heavy atom. The van der Waals surface area contributed by atoms with Crippen LogP contribution in [0, 0.1) is 51.8 Å². The van der Waals surface area contributed by atoms with E-state index in [1.54, 1.807) is 0 Å². The number of hydrogen-bond donors (Lipinski definition) is 3. The van der Waals surface area contributed by atoms with Crippen LogP contribution in [0.25, 0.3) is 0 Å². The normalized spacial score (nSPS) is 49.7. The van der Waals surface area contributed by atoms with Crippen LogP contribution in [0.3, 0.4) is 0 Å². The van der Waals surface area contributed by atoms with E-state index in [4.69, 9.17) is 0 Å². The van der Waals surface area contributed by atoms with Crippen molar-refractivity contribution in [2.45, 2.75) is 118 Å². The average Bonchev–Trinajstić information content (AvgIpc) is 3.06. The van der Waals surface area contributed by atoms with Crippen LogP contribution < -0.4 is 0 Å². The summed E-state index contributed by atoms with van der Waals surface area (Å²) in [6, 6.07) is 0. The molecular formula is C28H48O4. The first-order valence-corrected chi connectivity index (χ1v) is 13.4. The number of Topliss-reactive ketones (excluding diaryl/α,β-unsaturated/α-hetero) is 1. The number of carbonyl (C=O) groups is 1. The first-order valence-electron chi connectivity index (χ1n) is 13.4. The molecule has 4 saturated carbocycles. The number of fused-ring (bicyclic) bond motifs is 5. The molecule has 0 spiro atoms. The fraction of sp³-hybridized carbons (Fsp3) is 0.964. The third kappa shape index (κ3) is 3.81. The summed E-state index contributed by atoms with van der Waals surface area (Å²) in [6.45, 7) is 13.0. The van der Waals surface area contributed by atoms with E-state index in [1.807, 2.05) is 20.8 Å². The van der Waals surface area contributed by atoms with Crippen molar-refractivity contribution in [1.82, 2.24) is 0 Å². The van der Waals surface area contributed by atoms with Crippen molar-refractivity contribution in [3.05, 3.63) is 0 Å². The second-order valence-electron chi connectivity index (χ2n) is 13.7. The predicted molar refractivity (Wildman–Crippen MR) is 127 cm³/mol. The minimum atomic E-state index is -0.350. The van der Waals surface area contributed by atoms with Gasteiger partial charge in [0.05, 0.1) is 18.3 Å². The average molecular weight is 449 g/mol. The first kappa shape index (κ1) is 24.7. The largest absolute Gasteiger partial charge is 0.393 e. The predicted octanol–water partition coefficient (Wildman–Crippen LogP) is 4.98. The van der Waals surface area contributed by atoms with Crippen molar-refractivity contribution in [3.63, 3.8) is 0 Å². The van der Waals surface area contributed by atoms with E-state index in [0.29, 0.717) is 41.8 Å². The lowest BCUT2D eigenvalue weighted by atomic mass is 9.43. The van der Waals surface area contributed by atoms with E-state index in [1.165, 1.54) is 0 Å². The molecule has 184 valence electrons. The number of ketones is 1. The van der Waals surface area contributed by atoms with Gasteiger partial charge in [-0.25, -0.2) is 0 Å². The molecule has 0 heterocycles. The summed E-state index contributed by atoms with van der Waals surface area (Å²) >= 11 is 0. The molecule has 4 aliphatic rings. The van der Waals surface area contributed by atoms with Crippen LogP contribution in [0.1, 0.15) is 99.3 Å². The minimum Gasteiger partial charge on any atom is -0.393 e. The highest BCUT2D eigenvalue weighted by Crippen LogP contribution is 2.68. The lowest BCUT2D eigenvalue weighted by Crippen LogP contribution is -2.62. The molecule has 0 radical (unpaired) electrons. The van der Waals surface area contributed by atoms with Gasteiger partial charge in [0.15, 0.2) is 0 Å². The Hall–Kier alpha value is -0.450. The zero-order valence-electron chi connectivity index (χ0n) is 21.3. The third-order valence-corrected chi connectivity index (χ3v) is 11.2. The van der Waals surface area contributed by atoms with E-state index in [-0.39, 0.29) is 40.5 Å². The summed E-state index contributed by atoms with van der Waals surface area (Å²) in [5, 5.41) is 33.3. The van der Waals surface area contributed by atoms with Crippen LogP contribution in [0.5, 0.6) is 0 Å². The molecule has 4 rings (SSSR count). The van der Waals surface area contributed by atoms with Gasteiger partial charge in [0.2, 0.25) is 0 Å². The maximum absolute atomic E-state index is 12.5. The highest BCUT2D eigenvalue weighted by molar-refractivity contribution is 5.83. The molecule has 0 aliphatic heterocycles. The van der Waals surface area contributed by atoms with Gasteiger partial charge < -0.3 is 15.3 Å². The number of carbonyl (C=O) groups excluding carboxylic acids is 1. The summed E-state index contributed by atoms with van der Waals surface area (Å²) < 4.78 is 0. The highest BCUT2D eigenvalue weighted by Gasteiger charge is 2.65. The fourth-order valence-corrected chi connectivity index (χ4v) is 9.07. The molecule has 4 nitrogen and oxygen atoms in total. The molecule has 0 aromatic carbocycles. The molecule has 0 aromatic rings. The quantitative estimate of drug-likeness (QED) is 0.567. The van der Waals surface area contributed by atoms with Crippen molar-refractivity contribution >= 4 is 5.78 Å². The summed E-state index contributed by atoms with van der Waals surface area (Å²) in [4.78, 5) is 12.5. The highest BCUT2D eigenvalue weighted by atomic mass is 16.3. The molecule has 11 atom stereocenters. The minimum absolute atomic E-state index is 0.119. The van der Waals surface area contributed by atoms with Gasteiger partial charge in [0, 0.05) is 11.8 Å².